The third kappa shape index (κ3) is 5.16. The Balaban J connectivity index is 1.81. The van der Waals surface area contributed by atoms with Crippen molar-refractivity contribution < 1.29 is 9.59 Å². The van der Waals surface area contributed by atoms with Crippen LogP contribution in [0, 0.1) is 6.92 Å². The molecule has 0 unspecified atom stereocenters. The lowest BCUT2D eigenvalue weighted by molar-refractivity contribution is -0.114. The van der Waals surface area contributed by atoms with Crippen molar-refractivity contribution in [1.82, 2.24) is 9.97 Å². The van der Waals surface area contributed by atoms with Crippen molar-refractivity contribution in [3.8, 4) is 0 Å². The third-order valence-corrected chi connectivity index (χ3v) is 4.19. The molecular weight excluding hydrogens is 366 g/mol. The Hall–Kier alpha value is -3.74. The largest absolute Gasteiger partial charge is 0.326 e. The van der Waals surface area contributed by atoms with Gasteiger partial charge in [-0.2, -0.15) is 0 Å². The van der Waals surface area contributed by atoms with Gasteiger partial charge in [0.15, 0.2) is 0 Å². The number of nitrogens with zero attached hydrogens (tertiary/aromatic N) is 3. The Kier molecular flexibility index (Phi) is 6.19. The molecule has 0 saturated carbocycles. The van der Waals surface area contributed by atoms with Gasteiger partial charge in [-0.15, -0.1) is 0 Å². The van der Waals surface area contributed by atoms with E-state index < -0.39 is 0 Å². The molecule has 148 valence electrons. The fourth-order valence-corrected chi connectivity index (χ4v) is 2.91. The third-order valence-electron chi connectivity index (χ3n) is 4.19. The summed E-state index contributed by atoms with van der Waals surface area (Å²) in [5.74, 6) is -0.0728. The van der Waals surface area contributed by atoms with E-state index in [9.17, 15) is 9.59 Å². The van der Waals surface area contributed by atoms with Gasteiger partial charge in [-0.05, 0) is 55.8 Å². The average molecular weight is 389 g/mol. The Morgan fingerprint density at radius 3 is 2.41 bits per heavy atom. The maximum atomic E-state index is 12.7. The number of hydrogen-bond acceptors (Lipinski definition) is 5. The van der Waals surface area contributed by atoms with Gasteiger partial charge in [0.05, 0.1) is 0 Å². The first-order chi connectivity index (χ1) is 14.0. The molecule has 0 fully saturated rings. The maximum Gasteiger partial charge on any atom is 0.274 e. The van der Waals surface area contributed by atoms with Crippen LogP contribution < -0.4 is 15.5 Å². The number of carbonyl (C=O) groups excluding carboxylic acids is 2. The Morgan fingerprint density at radius 2 is 1.72 bits per heavy atom. The highest BCUT2D eigenvalue weighted by molar-refractivity contribution is 6.03. The minimum atomic E-state index is -0.353. The maximum absolute atomic E-state index is 12.7. The van der Waals surface area contributed by atoms with Crippen molar-refractivity contribution in [2.24, 2.45) is 0 Å². The van der Waals surface area contributed by atoms with Gasteiger partial charge in [-0.3, -0.25) is 9.59 Å². The summed E-state index contributed by atoms with van der Waals surface area (Å²) in [6.45, 7) is 6.12. The quantitative estimate of drug-likeness (QED) is 0.661. The van der Waals surface area contributed by atoms with Gasteiger partial charge >= 0.3 is 0 Å². The van der Waals surface area contributed by atoms with Gasteiger partial charge < -0.3 is 15.5 Å². The van der Waals surface area contributed by atoms with Crippen LogP contribution in [0.2, 0.25) is 0 Å². The highest BCUT2D eigenvalue weighted by atomic mass is 16.2. The van der Waals surface area contributed by atoms with Crippen LogP contribution in [0.25, 0.3) is 0 Å². The monoisotopic (exact) mass is 389 g/mol. The van der Waals surface area contributed by atoms with Gasteiger partial charge in [-0.1, -0.05) is 18.2 Å². The molecule has 0 atom stereocenters. The molecule has 0 saturated heterocycles. The topological polar surface area (TPSA) is 87.2 Å². The van der Waals surface area contributed by atoms with Crippen LogP contribution >= 0.6 is 0 Å². The zero-order valence-corrected chi connectivity index (χ0v) is 16.6. The lowest BCUT2D eigenvalue weighted by Gasteiger charge is -2.21. The molecule has 1 aromatic heterocycles. The first-order valence-electron chi connectivity index (χ1n) is 9.32. The Bertz CT molecular complexity index is 1030. The molecular formula is C22H23N5O2. The normalized spacial score (nSPS) is 10.3. The summed E-state index contributed by atoms with van der Waals surface area (Å²) in [6, 6.07) is 16.5. The molecule has 7 nitrogen and oxygen atoms in total. The smallest absolute Gasteiger partial charge is 0.274 e. The molecule has 0 spiro atoms. The number of nitrogens with one attached hydrogen (secondary N) is 2. The number of carbonyl (C=O) groups is 2. The van der Waals surface area contributed by atoms with E-state index in [0.717, 1.165) is 11.3 Å². The number of hydrogen-bond donors (Lipinski definition) is 2. The van der Waals surface area contributed by atoms with E-state index in [1.807, 2.05) is 43.0 Å². The second kappa shape index (κ2) is 8.97. The molecule has 2 amide bonds. The minimum Gasteiger partial charge on any atom is -0.326 e. The molecule has 0 aliphatic carbocycles. The molecule has 7 heteroatoms. The summed E-state index contributed by atoms with van der Waals surface area (Å²) in [5.41, 5.74) is 3.52. The highest BCUT2D eigenvalue weighted by Crippen LogP contribution is 2.23. The van der Waals surface area contributed by atoms with E-state index in [4.69, 9.17) is 0 Å². The highest BCUT2D eigenvalue weighted by Gasteiger charge is 2.14. The van der Waals surface area contributed by atoms with E-state index >= 15 is 0 Å². The summed E-state index contributed by atoms with van der Waals surface area (Å²) < 4.78 is 0. The van der Waals surface area contributed by atoms with Crippen LogP contribution in [0.3, 0.4) is 0 Å². The van der Waals surface area contributed by atoms with Crippen LogP contribution in [0.15, 0.2) is 60.8 Å². The van der Waals surface area contributed by atoms with E-state index in [2.05, 4.69) is 20.6 Å². The summed E-state index contributed by atoms with van der Waals surface area (Å²) in [5, 5.41) is 5.50. The molecule has 1 heterocycles. The number of amides is 2. The Morgan fingerprint density at radius 1 is 1.00 bits per heavy atom. The fraction of sp³-hybridized carbons (Fsp3) is 0.182. The standard InChI is InChI=1S/C22H23N5O2/c1-4-27(19-10-5-7-15(2)13-19)22-23-12-11-20(26-22)21(29)25-18-9-6-8-17(14-18)24-16(3)28/h5-14H,4H2,1-3H3,(H,24,28)(H,25,29). The van der Waals surface area contributed by atoms with Crippen LogP contribution in [-0.4, -0.2) is 28.3 Å². The zero-order valence-electron chi connectivity index (χ0n) is 16.6. The van der Waals surface area contributed by atoms with E-state index in [1.165, 1.54) is 6.92 Å². The summed E-state index contributed by atoms with van der Waals surface area (Å²) in [4.78, 5) is 34.6. The van der Waals surface area contributed by atoms with Crippen molar-refractivity contribution in [3.63, 3.8) is 0 Å². The zero-order chi connectivity index (χ0) is 20.8. The number of anilines is 4. The predicted octanol–water partition coefficient (Wildman–Crippen LogP) is 4.15. The number of rotatable bonds is 6. The first kappa shape index (κ1) is 20.0. The van der Waals surface area contributed by atoms with Gasteiger partial charge in [-0.25, -0.2) is 9.97 Å². The molecule has 0 aliphatic heterocycles. The molecule has 0 aliphatic rings. The van der Waals surface area contributed by atoms with Gasteiger partial charge in [0.25, 0.3) is 5.91 Å². The molecule has 2 N–H and O–H groups in total. The number of aryl methyl sites for hydroxylation is 1. The molecule has 29 heavy (non-hydrogen) atoms. The molecule has 2 aromatic carbocycles. The first-order valence-corrected chi connectivity index (χ1v) is 9.32. The van der Waals surface area contributed by atoms with Gasteiger partial charge in [0.1, 0.15) is 5.69 Å². The number of aromatic nitrogens is 2. The van der Waals surface area contributed by atoms with Gasteiger partial charge in [0, 0.05) is 36.7 Å². The van der Waals surface area contributed by atoms with Crippen molar-refractivity contribution in [3.05, 3.63) is 72.1 Å². The number of benzene rings is 2. The van der Waals surface area contributed by atoms with Crippen molar-refractivity contribution >= 4 is 34.8 Å². The lowest BCUT2D eigenvalue weighted by atomic mass is 10.2. The predicted molar refractivity (Wildman–Crippen MR) is 115 cm³/mol. The lowest BCUT2D eigenvalue weighted by Crippen LogP contribution is -2.21. The molecule has 0 radical (unpaired) electrons. The summed E-state index contributed by atoms with van der Waals surface area (Å²) in [6.07, 6.45) is 1.57. The Labute approximate surface area is 169 Å². The molecule has 3 rings (SSSR count). The molecule has 0 bridgehead atoms. The van der Waals surface area contributed by atoms with E-state index in [-0.39, 0.29) is 17.5 Å². The van der Waals surface area contributed by atoms with Crippen LogP contribution in [0.5, 0.6) is 0 Å². The van der Waals surface area contributed by atoms with Crippen LogP contribution in [0.1, 0.15) is 29.9 Å². The SMILES string of the molecule is CCN(c1cccc(C)c1)c1nccc(C(=O)Nc2cccc(NC(C)=O)c2)n1. The van der Waals surface area contributed by atoms with Crippen LogP contribution in [0.4, 0.5) is 23.0 Å². The van der Waals surface area contributed by atoms with Crippen molar-refractivity contribution in [2.45, 2.75) is 20.8 Å². The fourth-order valence-electron chi connectivity index (χ4n) is 2.91. The van der Waals surface area contributed by atoms with E-state index in [1.54, 1.807) is 36.5 Å². The van der Waals surface area contributed by atoms with Gasteiger partial charge in [0.2, 0.25) is 11.9 Å². The minimum absolute atomic E-state index is 0.176. The van der Waals surface area contributed by atoms with E-state index in [0.29, 0.717) is 23.9 Å². The summed E-state index contributed by atoms with van der Waals surface area (Å²) in [7, 11) is 0. The average Bonchev–Trinajstić information content (AvgIpc) is 2.69. The van der Waals surface area contributed by atoms with Crippen molar-refractivity contribution in [2.75, 3.05) is 22.1 Å². The van der Waals surface area contributed by atoms with Crippen molar-refractivity contribution in [1.29, 1.82) is 0 Å². The second-order valence-electron chi connectivity index (χ2n) is 6.54. The molecule has 3 aromatic rings. The van der Waals surface area contributed by atoms with Crippen LogP contribution in [-0.2, 0) is 4.79 Å². The second-order valence-corrected chi connectivity index (χ2v) is 6.54. The summed E-state index contributed by atoms with van der Waals surface area (Å²) >= 11 is 0.